The molecule has 1 atom stereocenters. The Kier molecular flexibility index (Phi) is 4.63. The Bertz CT molecular complexity index is 878. The minimum Gasteiger partial charge on any atom is -0.475 e. The molecule has 2 N–H and O–H groups in total. The first-order valence-electron chi connectivity index (χ1n) is 8.87. The van der Waals surface area contributed by atoms with Gasteiger partial charge in [-0.2, -0.15) is 4.98 Å². The van der Waals surface area contributed by atoms with Gasteiger partial charge in [-0.3, -0.25) is 4.98 Å². The molecule has 3 heterocycles. The van der Waals surface area contributed by atoms with Crippen molar-refractivity contribution in [3.05, 3.63) is 35.0 Å². The molecule has 0 radical (unpaired) electrons. The highest BCUT2D eigenvalue weighted by Gasteiger charge is 2.22. The summed E-state index contributed by atoms with van der Waals surface area (Å²) >= 11 is 1.78. The summed E-state index contributed by atoms with van der Waals surface area (Å²) < 4.78 is 6.07. The molecule has 0 saturated heterocycles. The smallest absolute Gasteiger partial charge is 0.226 e. The van der Waals surface area contributed by atoms with Crippen molar-refractivity contribution in [1.82, 2.24) is 15.0 Å². The minimum atomic E-state index is 0.0175. The van der Waals surface area contributed by atoms with Crippen molar-refractivity contribution >= 4 is 21.6 Å². The van der Waals surface area contributed by atoms with E-state index in [-0.39, 0.29) is 6.04 Å². The van der Waals surface area contributed by atoms with Gasteiger partial charge < -0.3 is 10.5 Å². The molecule has 4 rings (SSSR count). The van der Waals surface area contributed by atoms with Gasteiger partial charge in [-0.05, 0) is 49.8 Å². The summed E-state index contributed by atoms with van der Waals surface area (Å²) in [6.07, 6.45) is 9.09. The maximum absolute atomic E-state index is 6.07. The quantitative estimate of drug-likeness (QED) is 0.755. The van der Waals surface area contributed by atoms with Gasteiger partial charge in [0, 0.05) is 28.9 Å². The van der Waals surface area contributed by atoms with Crippen LogP contribution >= 0.6 is 11.3 Å². The van der Waals surface area contributed by atoms with Crippen LogP contribution in [0, 0.1) is 0 Å². The molecular weight excluding hydrogens is 332 g/mol. The minimum absolute atomic E-state index is 0.0175. The average Bonchev–Trinajstić information content (AvgIpc) is 3.05. The fraction of sp³-hybridized carbons (Fsp3) is 0.421. The SMILES string of the molecule is CCC(N)COc1nc(-c2ccncc2)nc2sc3c(c12)CCCC3. The number of hydrogen-bond donors (Lipinski definition) is 1. The number of hydrogen-bond acceptors (Lipinski definition) is 6. The lowest BCUT2D eigenvalue weighted by Gasteiger charge is -2.14. The van der Waals surface area contributed by atoms with Crippen molar-refractivity contribution in [2.75, 3.05) is 6.61 Å². The number of thiophene rings is 1. The number of rotatable bonds is 5. The molecule has 0 amide bonds. The molecule has 1 aliphatic rings. The van der Waals surface area contributed by atoms with Crippen LogP contribution in [-0.2, 0) is 12.8 Å². The van der Waals surface area contributed by atoms with E-state index in [4.69, 9.17) is 20.4 Å². The van der Waals surface area contributed by atoms with E-state index >= 15 is 0 Å². The van der Waals surface area contributed by atoms with Gasteiger partial charge >= 0.3 is 0 Å². The third kappa shape index (κ3) is 3.24. The Balaban J connectivity index is 1.83. The van der Waals surface area contributed by atoms with Gasteiger partial charge in [0.25, 0.3) is 0 Å². The monoisotopic (exact) mass is 354 g/mol. The van der Waals surface area contributed by atoms with Gasteiger partial charge in [0.15, 0.2) is 5.82 Å². The Morgan fingerprint density at radius 1 is 1.20 bits per heavy atom. The van der Waals surface area contributed by atoms with E-state index in [2.05, 4.69) is 11.9 Å². The summed E-state index contributed by atoms with van der Waals surface area (Å²) in [6, 6.07) is 3.87. The lowest BCUT2D eigenvalue weighted by Crippen LogP contribution is -2.27. The predicted octanol–water partition coefficient (Wildman–Crippen LogP) is 3.75. The first-order valence-corrected chi connectivity index (χ1v) is 9.69. The van der Waals surface area contributed by atoms with Crippen LogP contribution in [0.25, 0.3) is 21.6 Å². The molecule has 130 valence electrons. The first-order chi connectivity index (χ1) is 12.3. The van der Waals surface area contributed by atoms with Crippen LogP contribution in [0.5, 0.6) is 5.88 Å². The highest BCUT2D eigenvalue weighted by Crippen LogP contribution is 2.40. The molecule has 5 nitrogen and oxygen atoms in total. The summed E-state index contributed by atoms with van der Waals surface area (Å²) in [6.45, 7) is 2.54. The highest BCUT2D eigenvalue weighted by atomic mass is 32.1. The lowest BCUT2D eigenvalue weighted by molar-refractivity contribution is 0.278. The molecule has 3 aromatic heterocycles. The number of nitrogens with zero attached hydrogens (tertiary/aromatic N) is 3. The second-order valence-electron chi connectivity index (χ2n) is 6.46. The normalized spacial score (nSPS) is 15.1. The zero-order chi connectivity index (χ0) is 17.2. The molecule has 0 aromatic carbocycles. The summed E-state index contributed by atoms with van der Waals surface area (Å²) in [7, 11) is 0. The van der Waals surface area contributed by atoms with Crippen LogP contribution in [0.1, 0.15) is 36.6 Å². The Morgan fingerprint density at radius 3 is 2.80 bits per heavy atom. The Labute approximate surface area is 151 Å². The number of nitrogens with two attached hydrogens (primary N) is 1. The van der Waals surface area contributed by atoms with Crippen molar-refractivity contribution in [2.45, 2.75) is 45.1 Å². The van der Waals surface area contributed by atoms with Crippen LogP contribution < -0.4 is 10.5 Å². The van der Waals surface area contributed by atoms with Crippen molar-refractivity contribution in [3.63, 3.8) is 0 Å². The van der Waals surface area contributed by atoms with E-state index in [1.54, 1.807) is 23.7 Å². The molecule has 25 heavy (non-hydrogen) atoms. The molecule has 0 fully saturated rings. The van der Waals surface area contributed by atoms with Gasteiger partial charge in [-0.25, -0.2) is 4.98 Å². The third-order valence-electron chi connectivity index (χ3n) is 4.68. The topological polar surface area (TPSA) is 73.9 Å². The zero-order valence-electron chi connectivity index (χ0n) is 14.4. The van der Waals surface area contributed by atoms with Gasteiger partial charge in [-0.15, -0.1) is 11.3 Å². The number of aryl methyl sites for hydroxylation is 2. The van der Waals surface area contributed by atoms with Crippen molar-refractivity contribution in [2.24, 2.45) is 5.73 Å². The summed E-state index contributed by atoms with van der Waals surface area (Å²) in [5.74, 6) is 1.37. The lowest BCUT2D eigenvalue weighted by atomic mass is 9.97. The highest BCUT2D eigenvalue weighted by molar-refractivity contribution is 7.18. The summed E-state index contributed by atoms with van der Waals surface area (Å²) in [5.41, 5.74) is 8.39. The van der Waals surface area contributed by atoms with E-state index in [0.29, 0.717) is 18.3 Å². The van der Waals surface area contributed by atoms with E-state index in [9.17, 15) is 0 Å². The molecule has 1 unspecified atom stereocenters. The predicted molar refractivity (Wildman–Crippen MR) is 101 cm³/mol. The fourth-order valence-corrected chi connectivity index (χ4v) is 4.41. The van der Waals surface area contributed by atoms with Crippen molar-refractivity contribution in [1.29, 1.82) is 0 Å². The van der Waals surface area contributed by atoms with E-state index in [1.165, 1.54) is 23.3 Å². The van der Waals surface area contributed by atoms with Crippen LogP contribution in [0.15, 0.2) is 24.5 Å². The number of fused-ring (bicyclic) bond motifs is 3. The van der Waals surface area contributed by atoms with Crippen molar-refractivity contribution < 1.29 is 4.74 Å². The molecule has 0 aliphatic heterocycles. The summed E-state index contributed by atoms with van der Waals surface area (Å²) in [5, 5.41) is 1.10. The summed E-state index contributed by atoms with van der Waals surface area (Å²) in [4.78, 5) is 16.1. The molecular formula is C19H22N4OS. The molecule has 0 bridgehead atoms. The van der Waals surface area contributed by atoms with Gasteiger partial charge in [0.1, 0.15) is 11.4 Å². The van der Waals surface area contributed by atoms with E-state index in [1.807, 2.05) is 12.1 Å². The number of aromatic nitrogens is 3. The maximum Gasteiger partial charge on any atom is 0.226 e. The van der Waals surface area contributed by atoms with Crippen LogP contribution in [0.3, 0.4) is 0 Å². The standard InChI is InChI=1S/C19H22N4OS/c1-2-13(20)11-24-18-16-14-5-3-4-6-15(14)25-19(16)23-17(22-18)12-7-9-21-10-8-12/h7-10,13H,2-6,11,20H2,1H3. The molecule has 6 heteroatoms. The van der Waals surface area contributed by atoms with E-state index in [0.717, 1.165) is 35.0 Å². The number of ether oxygens (including phenoxy) is 1. The van der Waals surface area contributed by atoms with Crippen LogP contribution in [0.2, 0.25) is 0 Å². The maximum atomic E-state index is 6.07. The molecule has 3 aromatic rings. The Morgan fingerprint density at radius 2 is 2.00 bits per heavy atom. The van der Waals surface area contributed by atoms with Gasteiger partial charge in [0.05, 0.1) is 5.39 Å². The Hall–Kier alpha value is -2.05. The zero-order valence-corrected chi connectivity index (χ0v) is 15.2. The largest absolute Gasteiger partial charge is 0.475 e. The van der Waals surface area contributed by atoms with Crippen LogP contribution in [0.4, 0.5) is 0 Å². The first kappa shape index (κ1) is 16.4. The molecule has 0 saturated carbocycles. The molecule has 0 spiro atoms. The third-order valence-corrected chi connectivity index (χ3v) is 5.86. The fourth-order valence-electron chi connectivity index (χ4n) is 3.16. The van der Waals surface area contributed by atoms with Crippen molar-refractivity contribution in [3.8, 4) is 17.3 Å². The van der Waals surface area contributed by atoms with Gasteiger partial charge in [0.2, 0.25) is 5.88 Å². The van der Waals surface area contributed by atoms with Gasteiger partial charge in [-0.1, -0.05) is 6.92 Å². The van der Waals surface area contributed by atoms with E-state index < -0.39 is 0 Å². The molecule has 1 aliphatic carbocycles. The average molecular weight is 354 g/mol. The number of pyridine rings is 1. The second-order valence-corrected chi connectivity index (χ2v) is 7.54. The van der Waals surface area contributed by atoms with Crippen LogP contribution in [-0.4, -0.2) is 27.6 Å². The second kappa shape index (κ2) is 7.06.